The van der Waals surface area contributed by atoms with Gasteiger partial charge in [-0.1, -0.05) is 30.7 Å². The van der Waals surface area contributed by atoms with Gasteiger partial charge in [-0.3, -0.25) is 0 Å². The Morgan fingerprint density at radius 3 is 2.89 bits per heavy atom. The molecular weight excluding hydrogens is 262 g/mol. The zero-order valence-electron chi connectivity index (χ0n) is 10.5. The summed E-state index contributed by atoms with van der Waals surface area (Å²) in [6.45, 7) is 3.11. The first-order valence-corrected chi connectivity index (χ1v) is 7.61. The molecule has 1 aromatic carbocycles. The third kappa shape index (κ3) is 3.84. The van der Waals surface area contributed by atoms with Crippen molar-refractivity contribution in [3.8, 4) is 0 Å². The Kier molecular flexibility index (Phi) is 5.24. The lowest BCUT2D eigenvalue weighted by Crippen LogP contribution is -2.21. The molecule has 1 atom stereocenters. The van der Waals surface area contributed by atoms with Gasteiger partial charge in [-0.2, -0.15) is 11.3 Å². The van der Waals surface area contributed by atoms with Gasteiger partial charge in [-0.05, 0) is 59.5 Å². The average molecular weight is 280 g/mol. The Morgan fingerprint density at radius 2 is 2.22 bits per heavy atom. The van der Waals surface area contributed by atoms with E-state index in [1.165, 1.54) is 11.1 Å². The number of thiophene rings is 1. The third-order valence-corrected chi connectivity index (χ3v) is 3.97. The van der Waals surface area contributed by atoms with E-state index >= 15 is 0 Å². The number of nitrogens with one attached hydrogen (secondary N) is 1. The normalized spacial score (nSPS) is 12.6. The van der Waals surface area contributed by atoms with Gasteiger partial charge < -0.3 is 5.32 Å². The molecule has 0 aliphatic rings. The van der Waals surface area contributed by atoms with Crippen molar-refractivity contribution in [3.63, 3.8) is 0 Å². The first-order chi connectivity index (χ1) is 8.79. The zero-order valence-corrected chi connectivity index (χ0v) is 12.1. The predicted octanol–water partition coefficient (Wildman–Crippen LogP) is 4.68. The van der Waals surface area contributed by atoms with Crippen LogP contribution in [0.15, 0.2) is 41.1 Å². The van der Waals surface area contributed by atoms with Crippen molar-refractivity contribution < 1.29 is 0 Å². The second-order valence-electron chi connectivity index (χ2n) is 4.34. The summed E-state index contributed by atoms with van der Waals surface area (Å²) in [4.78, 5) is 0. The van der Waals surface area contributed by atoms with E-state index in [-0.39, 0.29) is 0 Å². The number of rotatable bonds is 6. The topological polar surface area (TPSA) is 12.0 Å². The number of benzene rings is 1. The van der Waals surface area contributed by atoms with Crippen molar-refractivity contribution in [1.29, 1.82) is 0 Å². The molecule has 0 saturated heterocycles. The molecule has 1 aromatic heterocycles. The van der Waals surface area contributed by atoms with Crippen LogP contribution in [0.5, 0.6) is 0 Å². The molecule has 1 heterocycles. The maximum Gasteiger partial charge on any atom is 0.0409 e. The van der Waals surface area contributed by atoms with Crippen molar-refractivity contribution >= 4 is 22.9 Å². The Bertz CT molecular complexity index is 467. The summed E-state index contributed by atoms with van der Waals surface area (Å²) < 4.78 is 0. The van der Waals surface area contributed by atoms with Gasteiger partial charge in [0.05, 0.1) is 0 Å². The average Bonchev–Trinajstić information content (AvgIpc) is 2.87. The van der Waals surface area contributed by atoms with Crippen molar-refractivity contribution in [1.82, 2.24) is 5.32 Å². The fourth-order valence-electron chi connectivity index (χ4n) is 2.10. The Hall–Kier alpha value is -0.830. The van der Waals surface area contributed by atoms with Crippen LogP contribution >= 0.6 is 22.9 Å². The van der Waals surface area contributed by atoms with Gasteiger partial charge in [0.2, 0.25) is 0 Å². The Labute approximate surface area is 118 Å². The standard InChI is InChI=1S/C15H18ClNS/c1-2-17-15(7-6-12-8-9-18-11-12)13-4-3-5-14(16)10-13/h3-5,8-11,15,17H,2,6-7H2,1H3. The van der Waals surface area contributed by atoms with Gasteiger partial charge in [0.25, 0.3) is 0 Å². The highest BCUT2D eigenvalue weighted by Crippen LogP contribution is 2.22. The Morgan fingerprint density at radius 1 is 1.33 bits per heavy atom. The number of aryl methyl sites for hydroxylation is 1. The number of halogens is 1. The van der Waals surface area contributed by atoms with Gasteiger partial charge in [0.1, 0.15) is 0 Å². The largest absolute Gasteiger partial charge is 0.310 e. The highest BCUT2D eigenvalue weighted by molar-refractivity contribution is 7.07. The third-order valence-electron chi connectivity index (χ3n) is 3.00. The molecule has 1 N–H and O–H groups in total. The molecule has 0 aliphatic carbocycles. The maximum absolute atomic E-state index is 6.06. The van der Waals surface area contributed by atoms with Crippen LogP contribution in [0.1, 0.15) is 30.5 Å². The van der Waals surface area contributed by atoms with E-state index in [4.69, 9.17) is 11.6 Å². The lowest BCUT2D eigenvalue weighted by atomic mass is 10.00. The summed E-state index contributed by atoms with van der Waals surface area (Å²) in [6.07, 6.45) is 2.21. The van der Waals surface area contributed by atoms with Gasteiger partial charge in [0.15, 0.2) is 0 Å². The highest BCUT2D eigenvalue weighted by Gasteiger charge is 2.10. The Balaban J connectivity index is 2.03. The summed E-state index contributed by atoms with van der Waals surface area (Å²) in [5.41, 5.74) is 2.70. The maximum atomic E-state index is 6.06. The molecule has 2 aromatic rings. The van der Waals surface area contributed by atoms with Crippen LogP contribution in [0, 0.1) is 0 Å². The van der Waals surface area contributed by atoms with Crippen LogP contribution in [0.3, 0.4) is 0 Å². The van der Waals surface area contributed by atoms with Crippen molar-refractivity contribution in [3.05, 3.63) is 57.2 Å². The molecular formula is C15H18ClNS. The van der Waals surface area contributed by atoms with E-state index in [1.807, 2.05) is 12.1 Å². The fraction of sp³-hybridized carbons (Fsp3) is 0.333. The molecule has 0 saturated carbocycles. The van der Waals surface area contributed by atoms with Gasteiger partial charge in [0, 0.05) is 11.1 Å². The van der Waals surface area contributed by atoms with Crippen LogP contribution in [0.4, 0.5) is 0 Å². The minimum Gasteiger partial charge on any atom is -0.310 e. The quantitative estimate of drug-likeness (QED) is 0.809. The monoisotopic (exact) mass is 279 g/mol. The molecule has 0 radical (unpaired) electrons. The molecule has 3 heteroatoms. The van der Waals surface area contributed by atoms with E-state index in [2.05, 4.69) is 41.2 Å². The highest BCUT2D eigenvalue weighted by atomic mass is 35.5. The molecule has 0 bridgehead atoms. The van der Waals surface area contributed by atoms with Gasteiger partial charge in [-0.15, -0.1) is 0 Å². The minimum absolute atomic E-state index is 0.383. The number of hydrogen-bond donors (Lipinski definition) is 1. The summed E-state index contributed by atoms with van der Waals surface area (Å²) in [5.74, 6) is 0. The van der Waals surface area contributed by atoms with E-state index in [9.17, 15) is 0 Å². The second-order valence-corrected chi connectivity index (χ2v) is 5.55. The SMILES string of the molecule is CCNC(CCc1ccsc1)c1cccc(Cl)c1. The van der Waals surface area contributed by atoms with Crippen molar-refractivity contribution in [2.75, 3.05) is 6.54 Å². The second kappa shape index (κ2) is 6.93. The molecule has 96 valence electrons. The lowest BCUT2D eigenvalue weighted by molar-refractivity contribution is 0.516. The first kappa shape index (κ1) is 13.6. The molecule has 2 rings (SSSR count). The zero-order chi connectivity index (χ0) is 12.8. The van der Waals surface area contributed by atoms with E-state index in [0.29, 0.717) is 6.04 Å². The molecule has 0 fully saturated rings. The molecule has 18 heavy (non-hydrogen) atoms. The predicted molar refractivity (Wildman–Crippen MR) is 80.5 cm³/mol. The van der Waals surface area contributed by atoms with Crippen molar-refractivity contribution in [2.24, 2.45) is 0 Å². The van der Waals surface area contributed by atoms with Crippen LogP contribution in [0.2, 0.25) is 5.02 Å². The minimum atomic E-state index is 0.383. The van der Waals surface area contributed by atoms with Crippen LogP contribution in [-0.4, -0.2) is 6.54 Å². The molecule has 0 amide bonds. The number of hydrogen-bond acceptors (Lipinski definition) is 2. The summed E-state index contributed by atoms with van der Waals surface area (Å²) in [7, 11) is 0. The van der Waals surface area contributed by atoms with Crippen molar-refractivity contribution in [2.45, 2.75) is 25.8 Å². The summed E-state index contributed by atoms with van der Waals surface area (Å²) in [5, 5.41) is 8.70. The molecule has 0 aliphatic heterocycles. The first-order valence-electron chi connectivity index (χ1n) is 6.29. The lowest BCUT2D eigenvalue weighted by Gasteiger charge is -2.18. The van der Waals surface area contributed by atoms with Crippen LogP contribution < -0.4 is 5.32 Å². The van der Waals surface area contributed by atoms with E-state index < -0.39 is 0 Å². The summed E-state index contributed by atoms with van der Waals surface area (Å²) >= 11 is 7.82. The van der Waals surface area contributed by atoms with Crippen LogP contribution in [0.25, 0.3) is 0 Å². The summed E-state index contributed by atoms with van der Waals surface area (Å²) in [6, 6.07) is 10.7. The smallest absolute Gasteiger partial charge is 0.0409 e. The van der Waals surface area contributed by atoms with E-state index in [1.54, 1.807) is 11.3 Å². The van der Waals surface area contributed by atoms with Gasteiger partial charge in [-0.25, -0.2) is 0 Å². The van der Waals surface area contributed by atoms with Gasteiger partial charge >= 0.3 is 0 Å². The fourth-order valence-corrected chi connectivity index (χ4v) is 3.00. The molecule has 1 unspecified atom stereocenters. The van der Waals surface area contributed by atoms with E-state index in [0.717, 1.165) is 24.4 Å². The molecule has 1 nitrogen and oxygen atoms in total. The van der Waals surface area contributed by atoms with Crippen LogP contribution in [-0.2, 0) is 6.42 Å². The molecule has 0 spiro atoms.